The van der Waals surface area contributed by atoms with Gasteiger partial charge in [-0.05, 0) is 31.0 Å². The molecule has 18 heavy (non-hydrogen) atoms. The Kier molecular flexibility index (Phi) is 7.83. The molecule has 1 atom stereocenters. The van der Waals surface area contributed by atoms with Crippen LogP contribution in [0.4, 0.5) is 0 Å². The van der Waals surface area contributed by atoms with E-state index in [1.54, 1.807) is 0 Å². The Morgan fingerprint density at radius 1 is 1.11 bits per heavy atom. The first-order valence-electron chi connectivity index (χ1n) is 7.70. The Morgan fingerprint density at radius 2 is 1.94 bits per heavy atom. The van der Waals surface area contributed by atoms with Crippen molar-refractivity contribution in [3.8, 4) is 0 Å². The molecule has 1 unspecified atom stereocenters. The number of hydrogen-bond acceptors (Lipinski definition) is 1. The van der Waals surface area contributed by atoms with E-state index in [1.165, 1.54) is 50.6 Å². The maximum Gasteiger partial charge on any atom is 0.0335 e. The highest BCUT2D eigenvalue weighted by molar-refractivity contribution is 5.15. The van der Waals surface area contributed by atoms with Gasteiger partial charge in [0.25, 0.3) is 0 Å². The van der Waals surface area contributed by atoms with Gasteiger partial charge in [0.05, 0.1) is 0 Å². The molecule has 0 bridgehead atoms. The van der Waals surface area contributed by atoms with Gasteiger partial charge in [-0.15, -0.1) is 0 Å². The van der Waals surface area contributed by atoms with Crippen molar-refractivity contribution >= 4 is 0 Å². The van der Waals surface area contributed by atoms with E-state index in [0.717, 1.165) is 6.54 Å². The van der Waals surface area contributed by atoms with E-state index in [9.17, 15) is 0 Å². The van der Waals surface area contributed by atoms with E-state index in [4.69, 9.17) is 0 Å². The van der Waals surface area contributed by atoms with Gasteiger partial charge in [0.1, 0.15) is 0 Å². The van der Waals surface area contributed by atoms with E-state index in [-0.39, 0.29) is 0 Å². The Labute approximate surface area is 113 Å². The summed E-state index contributed by atoms with van der Waals surface area (Å²) in [4.78, 5) is 0. The number of nitrogens with one attached hydrogen (secondary N) is 1. The van der Waals surface area contributed by atoms with Crippen LogP contribution < -0.4 is 5.32 Å². The molecule has 0 saturated carbocycles. The zero-order chi connectivity index (χ0) is 13.2. The lowest BCUT2D eigenvalue weighted by Crippen LogP contribution is -2.20. The van der Waals surface area contributed by atoms with Crippen LogP contribution in [0, 0.1) is 0 Å². The standard InChI is InChI=1S/C16H30N2/c1-4-7-8-9-12-18-13-11-15(14-18)16(10-5-2)17-6-3/h11,13-14,16-17H,4-10,12H2,1-3H3. The molecule has 1 aromatic heterocycles. The molecular weight excluding hydrogens is 220 g/mol. The second kappa shape index (κ2) is 9.21. The number of nitrogens with zero attached hydrogens (tertiary/aromatic N) is 1. The number of aryl methyl sites for hydroxylation is 1. The summed E-state index contributed by atoms with van der Waals surface area (Å²) in [5, 5.41) is 3.58. The molecular formula is C16H30N2. The average molecular weight is 250 g/mol. The van der Waals surface area contributed by atoms with Crippen LogP contribution in [-0.4, -0.2) is 11.1 Å². The summed E-state index contributed by atoms with van der Waals surface area (Å²) in [6.07, 6.45) is 12.4. The third-order valence-corrected chi connectivity index (χ3v) is 3.47. The lowest BCUT2D eigenvalue weighted by atomic mass is 10.1. The molecule has 0 aromatic carbocycles. The van der Waals surface area contributed by atoms with Gasteiger partial charge in [0.15, 0.2) is 0 Å². The highest BCUT2D eigenvalue weighted by atomic mass is 15.0. The summed E-state index contributed by atoms with van der Waals surface area (Å²) >= 11 is 0. The molecule has 0 fully saturated rings. The molecule has 1 rings (SSSR count). The highest BCUT2D eigenvalue weighted by Crippen LogP contribution is 2.19. The summed E-state index contributed by atoms with van der Waals surface area (Å²) < 4.78 is 2.35. The minimum Gasteiger partial charge on any atom is -0.354 e. The lowest BCUT2D eigenvalue weighted by Gasteiger charge is -2.15. The molecule has 2 heteroatoms. The van der Waals surface area contributed by atoms with Gasteiger partial charge >= 0.3 is 0 Å². The first kappa shape index (κ1) is 15.3. The predicted molar refractivity (Wildman–Crippen MR) is 79.9 cm³/mol. The number of unbranched alkanes of at least 4 members (excludes halogenated alkanes) is 3. The van der Waals surface area contributed by atoms with Gasteiger partial charge in [-0.1, -0.05) is 46.5 Å². The Bertz CT molecular complexity index is 298. The molecule has 0 aliphatic rings. The molecule has 0 spiro atoms. The summed E-state index contributed by atoms with van der Waals surface area (Å²) in [5.41, 5.74) is 1.45. The number of aromatic nitrogens is 1. The summed E-state index contributed by atoms with van der Waals surface area (Å²) in [6, 6.07) is 2.82. The largest absolute Gasteiger partial charge is 0.354 e. The molecule has 1 N–H and O–H groups in total. The van der Waals surface area contributed by atoms with Crippen LogP contribution in [0.25, 0.3) is 0 Å². The SMILES string of the molecule is CCCCCCn1ccc(C(CCC)NCC)c1. The van der Waals surface area contributed by atoms with Gasteiger partial charge in [-0.3, -0.25) is 0 Å². The second-order valence-corrected chi connectivity index (χ2v) is 5.14. The third-order valence-electron chi connectivity index (χ3n) is 3.47. The van der Waals surface area contributed by atoms with Crippen molar-refractivity contribution in [2.45, 2.75) is 71.9 Å². The summed E-state index contributed by atoms with van der Waals surface area (Å²) in [6.45, 7) is 8.92. The minimum atomic E-state index is 0.539. The van der Waals surface area contributed by atoms with Crippen molar-refractivity contribution in [2.24, 2.45) is 0 Å². The molecule has 0 saturated heterocycles. The van der Waals surface area contributed by atoms with Crippen molar-refractivity contribution in [2.75, 3.05) is 6.54 Å². The van der Waals surface area contributed by atoms with E-state index < -0.39 is 0 Å². The Hall–Kier alpha value is -0.760. The van der Waals surface area contributed by atoms with Crippen LogP contribution in [0.15, 0.2) is 18.5 Å². The van der Waals surface area contributed by atoms with E-state index in [1.807, 2.05) is 0 Å². The van der Waals surface area contributed by atoms with Crippen LogP contribution >= 0.6 is 0 Å². The topological polar surface area (TPSA) is 17.0 Å². The first-order valence-corrected chi connectivity index (χ1v) is 7.70. The Morgan fingerprint density at radius 3 is 2.61 bits per heavy atom. The van der Waals surface area contributed by atoms with Crippen molar-refractivity contribution in [1.82, 2.24) is 9.88 Å². The number of hydrogen-bond donors (Lipinski definition) is 1. The molecule has 0 radical (unpaired) electrons. The molecule has 2 nitrogen and oxygen atoms in total. The zero-order valence-electron chi connectivity index (χ0n) is 12.4. The van der Waals surface area contributed by atoms with E-state index in [2.05, 4.69) is 49.1 Å². The van der Waals surface area contributed by atoms with Crippen LogP contribution in [0.1, 0.15) is 70.9 Å². The van der Waals surface area contributed by atoms with Crippen LogP contribution in [0.2, 0.25) is 0 Å². The second-order valence-electron chi connectivity index (χ2n) is 5.14. The van der Waals surface area contributed by atoms with Gasteiger partial charge in [-0.2, -0.15) is 0 Å². The minimum absolute atomic E-state index is 0.539. The predicted octanol–water partition coefficient (Wildman–Crippen LogP) is 4.52. The zero-order valence-corrected chi connectivity index (χ0v) is 12.4. The van der Waals surface area contributed by atoms with Crippen molar-refractivity contribution in [1.29, 1.82) is 0 Å². The van der Waals surface area contributed by atoms with Gasteiger partial charge in [-0.25, -0.2) is 0 Å². The molecule has 0 aliphatic carbocycles. The fourth-order valence-electron chi connectivity index (χ4n) is 2.45. The Balaban J connectivity index is 2.44. The fourth-order valence-corrected chi connectivity index (χ4v) is 2.45. The van der Waals surface area contributed by atoms with Crippen molar-refractivity contribution in [3.63, 3.8) is 0 Å². The van der Waals surface area contributed by atoms with Gasteiger partial charge < -0.3 is 9.88 Å². The van der Waals surface area contributed by atoms with Crippen LogP contribution in [-0.2, 0) is 6.54 Å². The molecule has 1 heterocycles. The van der Waals surface area contributed by atoms with Crippen molar-refractivity contribution in [3.05, 3.63) is 24.0 Å². The molecule has 0 amide bonds. The maximum absolute atomic E-state index is 3.58. The van der Waals surface area contributed by atoms with E-state index >= 15 is 0 Å². The first-order chi connectivity index (χ1) is 8.81. The number of rotatable bonds is 10. The van der Waals surface area contributed by atoms with Crippen LogP contribution in [0.5, 0.6) is 0 Å². The van der Waals surface area contributed by atoms with Crippen LogP contribution in [0.3, 0.4) is 0 Å². The van der Waals surface area contributed by atoms with Gasteiger partial charge in [0.2, 0.25) is 0 Å². The summed E-state index contributed by atoms with van der Waals surface area (Å²) in [5.74, 6) is 0. The lowest BCUT2D eigenvalue weighted by molar-refractivity contribution is 0.507. The van der Waals surface area contributed by atoms with Gasteiger partial charge in [0, 0.05) is 25.0 Å². The normalized spacial score (nSPS) is 12.8. The smallest absolute Gasteiger partial charge is 0.0335 e. The molecule has 1 aromatic rings. The monoisotopic (exact) mass is 250 g/mol. The third kappa shape index (κ3) is 5.26. The fraction of sp³-hybridized carbons (Fsp3) is 0.750. The maximum atomic E-state index is 3.58. The molecule has 104 valence electrons. The average Bonchev–Trinajstić information content (AvgIpc) is 2.83. The molecule has 0 aliphatic heterocycles. The highest BCUT2D eigenvalue weighted by Gasteiger charge is 2.10. The summed E-state index contributed by atoms with van der Waals surface area (Å²) in [7, 11) is 0. The van der Waals surface area contributed by atoms with Crippen molar-refractivity contribution < 1.29 is 0 Å². The quantitative estimate of drug-likeness (QED) is 0.604. The van der Waals surface area contributed by atoms with E-state index in [0.29, 0.717) is 6.04 Å².